The number of benzene rings is 1. The quantitative estimate of drug-likeness (QED) is 0.381. The molecule has 2 heterocycles. The maximum Gasteiger partial charge on any atom is 0.231 e. The van der Waals surface area contributed by atoms with Gasteiger partial charge in [0.25, 0.3) is 0 Å². The second kappa shape index (κ2) is 9.65. The van der Waals surface area contributed by atoms with Gasteiger partial charge < -0.3 is 24.6 Å². The van der Waals surface area contributed by atoms with Gasteiger partial charge in [-0.15, -0.1) is 24.0 Å². The van der Waals surface area contributed by atoms with E-state index in [-0.39, 0.29) is 30.8 Å². The van der Waals surface area contributed by atoms with Gasteiger partial charge in [-0.05, 0) is 30.5 Å². The van der Waals surface area contributed by atoms with Crippen molar-refractivity contribution < 1.29 is 14.0 Å². The molecule has 1 aliphatic heterocycles. The lowest BCUT2D eigenvalue weighted by Gasteiger charge is -2.10. The number of hydrogen-bond donors (Lipinski definition) is 2. The zero-order valence-electron chi connectivity index (χ0n) is 15.2. The number of aliphatic imine (C=N–C) groups is 1. The average Bonchev–Trinajstić information content (AvgIpc) is 3.25. The molecule has 1 aromatic heterocycles. The summed E-state index contributed by atoms with van der Waals surface area (Å²) in [4.78, 5) is 4.60. The number of guanidine groups is 1. The summed E-state index contributed by atoms with van der Waals surface area (Å²) in [6.07, 6.45) is 0. The fourth-order valence-electron chi connectivity index (χ4n) is 2.41. The van der Waals surface area contributed by atoms with Crippen molar-refractivity contribution in [1.29, 1.82) is 0 Å². The van der Waals surface area contributed by atoms with Gasteiger partial charge in [0, 0.05) is 12.6 Å². The van der Waals surface area contributed by atoms with E-state index in [0.29, 0.717) is 19.0 Å². The topological polar surface area (TPSA) is 80.9 Å². The van der Waals surface area contributed by atoms with Crippen molar-refractivity contribution >= 4 is 29.9 Å². The average molecular weight is 472 g/mol. The lowest BCUT2D eigenvalue weighted by atomic mass is 10.1. The molecule has 0 aliphatic carbocycles. The van der Waals surface area contributed by atoms with Crippen LogP contribution >= 0.6 is 24.0 Å². The first-order valence-electron chi connectivity index (χ1n) is 8.52. The summed E-state index contributed by atoms with van der Waals surface area (Å²) in [7, 11) is 0. The number of hydrogen-bond acceptors (Lipinski definition) is 5. The number of rotatable bonds is 6. The van der Waals surface area contributed by atoms with Gasteiger partial charge in [-0.25, -0.2) is 4.99 Å². The van der Waals surface area contributed by atoms with E-state index in [0.717, 1.165) is 41.0 Å². The predicted molar refractivity (Wildman–Crippen MR) is 110 cm³/mol. The molecule has 0 amide bonds. The molecule has 2 aromatic rings. The standard InChI is InChI=1S/C18H24N4O3.HI/c1-4-19-18(21-10-14-8-15(12(2)3)22-25-14)20-9-13-5-6-16-17(7-13)24-11-23-16;/h5-8,12H,4,9-11H2,1-3H3,(H2,19,20,21);1H. The molecule has 1 aromatic carbocycles. The Morgan fingerprint density at radius 1 is 1.19 bits per heavy atom. The van der Waals surface area contributed by atoms with Crippen molar-refractivity contribution in [2.75, 3.05) is 13.3 Å². The number of halogens is 1. The van der Waals surface area contributed by atoms with Crippen LogP contribution < -0.4 is 20.1 Å². The fraction of sp³-hybridized carbons (Fsp3) is 0.444. The highest BCUT2D eigenvalue weighted by molar-refractivity contribution is 14.0. The Morgan fingerprint density at radius 2 is 2.00 bits per heavy atom. The number of aromatic nitrogens is 1. The smallest absolute Gasteiger partial charge is 0.231 e. The van der Waals surface area contributed by atoms with Crippen LogP contribution in [0.1, 0.15) is 43.7 Å². The summed E-state index contributed by atoms with van der Waals surface area (Å²) >= 11 is 0. The summed E-state index contributed by atoms with van der Waals surface area (Å²) in [5.41, 5.74) is 2.02. The second-order valence-corrected chi connectivity index (χ2v) is 6.11. The summed E-state index contributed by atoms with van der Waals surface area (Å²) in [5.74, 6) is 3.42. The summed E-state index contributed by atoms with van der Waals surface area (Å²) < 4.78 is 16.1. The minimum atomic E-state index is 0. The Hall–Kier alpha value is -1.97. The maximum absolute atomic E-state index is 5.40. The van der Waals surface area contributed by atoms with Gasteiger partial charge >= 0.3 is 0 Å². The largest absolute Gasteiger partial charge is 0.454 e. The van der Waals surface area contributed by atoms with E-state index in [1.807, 2.05) is 31.2 Å². The predicted octanol–water partition coefficient (Wildman–Crippen LogP) is 3.40. The van der Waals surface area contributed by atoms with Crippen molar-refractivity contribution in [2.45, 2.75) is 39.8 Å². The number of nitrogens with one attached hydrogen (secondary N) is 2. The molecule has 1 aliphatic rings. The first-order chi connectivity index (χ1) is 12.2. The third-order valence-corrected chi connectivity index (χ3v) is 3.80. The minimum absolute atomic E-state index is 0. The van der Waals surface area contributed by atoms with E-state index >= 15 is 0 Å². The van der Waals surface area contributed by atoms with Crippen LogP contribution in [0.4, 0.5) is 0 Å². The van der Waals surface area contributed by atoms with E-state index < -0.39 is 0 Å². The molecule has 0 saturated carbocycles. The van der Waals surface area contributed by atoms with Gasteiger partial charge in [0.15, 0.2) is 23.2 Å². The number of ether oxygens (including phenoxy) is 2. The molecule has 2 N–H and O–H groups in total. The van der Waals surface area contributed by atoms with Gasteiger partial charge in [0.05, 0.1) is 18.8 Å². The van der Waals surface area contributed by atoms with Crippen LogP contribution in [0.15, 0.2) is 33.8 Å². The van der Waals surface area contributed by atoms with Gasteiger partial charge in [-0.1, -0.05) is 25.1 Å². The highest BCUT2D eigenvalue weighted by Crippen LogP contribution is 2.32. The molecule has 0 spiro atoms. The molecule has 7 nitrogen and oxygen atoms in total. The van der Waals surface area contributed by atoms with Crippen LogP contribution in [-0.2, 0) is 13.1 Å². The zero-order valence-corrected chi connectivity index (χ0v) is 17.6. The van der Waals surface area contributed by atoms with Gasteiger partial charge in [0.1, 0.15) is 0 Å². The molecule has 0 saturated heterocycles. The molecule has 0 bridgehead atoms. The van der Waals surface area contributed by atoms with Crippen LogP contribution in [0.3, 0.4) is 0 Å². The third-order valence-electron chi connectivity index (χ3n) is 3.80. The van der Waals surface area contributed by atoms with E-state index in [9.17, 15) is 0 Å². The molecule has 0 atom stereocenters. The molecule has 8 heteroatoms. The molecule has 142 valence electrons. The lowest BCUT2D eigenvalue weighted by molar-refractivity contribution is 0.174. The van der Waals surface area contributed by atoms with Crippen molar-refractivity contribution in [2.24, 2.45) is 4.99 Å². The van der Waals surface area contributed by atoms with E-state index in [2.05, 4.69) is 34.6 Å². The Morgan fingerprint density at radius 3 is 2.73 bits per heavy atom. The molecule has 0 radical (unpaired) electrons. The van der Waals surface area contributed by atoms with Crippen LogP contribution in [0.5, 0.6) is 11.5 Å². The highest BCUT2D eigenvalue weighted by atomic mass is 127. The SMILES string of the molecule is CCNC(=NCc1ccc2c(c1)OCO2)NCc1cc(C(C)C)no1.I. The normalized spacial score (nSPS) is 12.8. The number of fused-ring (bicyclic) bond motifs is 1. The Labute approximate surface area is 170 Å². The maximum atomic E-state index is 5.40. The fourth-order valence-corrected chi connectivity index (χ4v) is 2.41. The van der Waals surface area contributed by atoms with Crippen LogP contribution in [0, 0.1) is 0 Å². The molecular weight excluding hydrogens is 447 g/mol. The molecule has 26 heavy (non-hydrogen) atoms. The monoisotopic (exact) mass is 472 g/mol. The molecule has 3 rings (SSSR count). The minimum Gasteiger partial charge on any atom is -0.454 e. The molecular formula is C18H25IN4O3. The number of nitrogens with zero attached hydrogens (tertiary/aromatic N) is 2. The summed E-state index contributed by atoms with van der Waals surface area (Å²) in [5, 5.41) is 10.6. The van der Waals surface area contributed by atoms with Crippen molar-refractivity contribution in [3.05, 3.63) is 41.3 Å². The van der Waals surface area contributed by atoms with Crippen molar-refractivity contribution in [3.63, 3.8) is 0 Å². The molecule has 0 unspecified atom stereocenters. The zero-order chi connectivity index (χ0) is 17.6. The Kier molecular flexibility index (Phi) is 7.55. The van der Waals surface area contributed by atoms with Crippen LogP contribution in [0.2, 0.25) is 0 Å². The van der Waals surface area contributed by atoms with E-state index in [1.165, 1.54) is 0 Å². The lowest BCUT2D eigenvalue weighted by Crippen LogP contribution is -2.36. The Balaban J connectivity index is 0.00000243. The summed E-state index contributed by atoms with van der Waals surface area (Å²) in [6, 6.07) is 7.83. The van der Waals surface area contributed by atoms with Crippen molar-refractivity contribution in [1.82, 2.24) is 15.8 Å². The highest BCUT2D eigenvalue weighted by Gasteiger charge is 2.13. The van der Waals surface area contributed by atoms with Crippen LogP contribution in [-0.4, -0.2) is 24.5 Å². The molecule has 0 fully saturated rings. The van der Waals surface area contributed by atoms with E-state index in [1.54, 1.807) is 0 Å². The van der Waals surface area contributed by atoms with Gasteiger partial charge in [-0.2, -0.15) is 0 Å². The van der Waals surface area contributed by atoms with Crippen molar-refractivity contribution in [3.8, 4) is 11.5 Å². The van der Waals surface area contributed by atoms with Crippen LogP contribution in [0.25, 0.3) is 0 Å². The Bertz CT molecular complexity index is 746. The van der Waals surface area contributed by atoms with Gasteiger partial charge in [-0.3, -0.25) is 0 Å². The third kappa shape index (κ3) is 5.26. The van der Waals surface area contributed by atoms with E-state index in [4.69, 9.17) is 14.0 Å². The first-order valence-corrected chi connectivity index (χ1v) is 8.52. The van der Waals surface area contributed by atoms with Gasteiger partial charge in [0.2, 0.25) is 6.79 Å². The first kappa shape index (κ1) is 20.3. The summed E-state index contributed by atoms with van der Waals surface area (Å²) in [6.45, 7) is 8.34. The second-order valence-electron chi connectivity index (χ2n) is 6.11.